The second-order valence-corrected chi connectivity index (χ2v) is 8.85. The van der Waals surface area contributed by atoms with Gasteiger partial charge in [-0.1, -0.05) is 0 Å². The highest BCUT2D eigenvalue weighted by Crippen LogP contribution is 2.41. The Kier molecular flexibility index (Phi) is 4.16. The highest BCUT2D eigenvalue weighted by molar-refractivity contribution is 5.84. The van der Waals surface area contributed by atoms with Crippen LogP contribution in [0, 0.1) is 5.92 Å². The van der Waals surface area contributed by atoms with E-state index in [1.165, 1.54) is 0 Å². The van der Waals surface area contributed by atoms with Crippen molar-refractivity contribution in [3.8, 4) is 11.1 Å². The molecule has 1 N–H and O–H groups in total. The Morgan fingerprint density at radius 2 is 1.94 bits per heavy atom. The summed E-state index contributed by atoms with van der Waals surface area (Å²) in [5.74, 6) is 0.472. The average Bonchev–Trinajstić information content (AvgIpc) is 3.26. The highest BCUT2D eigenvalue weighted by atomic mass is 19.1. The van der Waals surface area contributed by atoms with Gasteiger partial charge in [0.1, 0.15) is 12.0 Å². The number of halogens is 1. The van der Waals surface area contributed by atoms with Gasteiger partial charge in [0.05, 0.1) is 17.1 Å². The molecular formula is C23H25FN6O. The van der Waals surface area contributed by atoms with Crippen molar-refractivity contribution >= 4 is 22.9 Å². The largest absolute Gasteiger partial charge is 0.373 e. The van der Waals surface area contributed by atoms with Crippen LogP contribution in [0.5, 0.6) is 0 Å². The molecule has 0 spiro atoms. The summed E-state index contributed by atoms with van der Waals surface area (Å²) in [6.07, 6.45) is 7.17. The van der Waals surface area contributed by atoms with Gasteiger partial charge in [0, 0.05) is 61.9 Å². The Bertz CT molecular complexity index is 1130. The Balaban J connectivity index is 1.29. The number of hydrogen-bond donors (Lipinski definition) is 1. The van der Waals surface area contributed by atoms with Crippen molar-refractivity contribution in [1.82, 2.24) is 19.5 Å². The number of anilines is 2. The van der Waals surface area contributed by atoms with Gasteiger partial charge in [-0.05, 0) is 43.5 Å². The first kappa shape index (κ1) is 18.6. The van der Waals surface area contributed by atoms with Crippen molar-refractivity contribution in [2.75, 3.05) is 30.4 Å². The van der Waals surface area contributed by atoms with Gasteiger partial charge in [-0.3, -0.25) is 4.79 Å². The number of carbonyl (C=O) groups excluding carboxylic acids is 1. The smallest absolute Gasteiger partial charge is 0.229 e. The number of piperazine rings is 1. The molecule has 3 fully saturated rings. The first-order valence-corrected chi connectivity index (χ1v) is 10.9. The fraction of sp³-hybridized carbons (Fsp3) is 0.435. The number of carbonyl (C=O) groups is 1. The lowest BCUT2D eigenvalue weighted by Crippen LogP contribution is -2.56. The van der Waals surface area contributed by atoms with E-state index in [0.717, 1.165) is 54.1 Å². The van der Waals surface area contributed by atoms with Gasteiger partial charge in [0.2, 0.25) is 5.91 Å². The summed E-state index contributed by atoms with van der Waals surface area (Å²) < 4.78 is 15.4. The van der Waals surface area contributed by atoms with Gasteiger partial charge in [0.15, 0.2) is 0 Å². The molecule has 1 saturated carbocycles. The van der Waals surface area contributed by atoms with Crippen molar-refractivity contribution in [3.05, 3.63) is 42.9 Å². The van der Waals surface area contributed by atoms with Crippen LogP contribution in [0.15, 0.2) is 42.9 Å². The second kappa shape index (κ2) is 6.93. The highest BCUT2D eigenvalue weighted by Gasteiger charge is 2.51. The molecule has 31 heavy (non-hydrogen) atoms. The summed E-state index contributed by atoms with van der Waals surface area (Å²) in [5, 5.41) is 7.54. The zero-order valence-electron chi connectivity index (χ0n) is 17.4. The molecule has 1 amide bonds. The predicted octanol–water partition coefficient (Wildman–Crippen LogP) is 2.98. The number of nitrogens with one attached hydrogen (secondary N) is 1. The second-order valence-electron chi connectivity index (χ2n) is 8.85. The van der Waals surface area contributed by atoms with Crippen LogP contribution in [0.4, 0.5) is 15.9 Å². The molecule has 4 atom stereocenters. The van der Waals surface area contributed by atoms with Gasteiger partial charge >= 0.3 is 0 Å². The summed E-state index contributed by atoms with van der Waals surface area (Å²) in [6, 6.07) is 8.54. The Hall–Kier alpha value is -3.16. The maximum absolute atomic E-state index is 13.5. The molecule has 3 aliphatic rings. The number of aromatic nitrogens is 3. The lowest BCUT2D eigenvalue weighted by atomic mass is 10.1. The number of hydrogen-bond acceptors (Lipinski definition) is 5. The molecule has 2 saturated heterocycles. The summed E-state index contributed by atoms with van der Waals surface area (Å²) in [5.41, 5.74) is 4.27. The summed E-state index contributed by atoms with van der Waals surface area (Å²) in [4.78, 5) is 21.5. The summed E-state index contributed by atoms with van der Waals surface area (Å²) >= 11 is 0. The molecular weight excluding hydrogens is 395 g/mol. The fourth-order valence-electron chi connectivity index (χ4n) is 5.21. The van der Waals surface area contributed by atoms with Crippen molar-refractivity contribution < 1.29 is 9.18 Å². The molecule has 2 bridgehead atoms. The van der Waals surface area contributed by atoms with E-state index in [0.29, 0.717) is 6.42 Å². The van der Waals surface area contributed by atoms with Crippen LogP contribution in [0.25, 0.3) is 16.6 Å². The third-order valence-corrected chi connectivity index (χ3v) is 6.95. The minimum absolute atomic E-state index is 0.0296. The molecule has 1 aliphatic carbocycles. The molecule has 3 aromatic heterocycles. The molecule has 3 aromatic rings. The lowest BCUT2D eigenvalue weighted by Gasteiger charge is -2.42. The molecule has 2 aliphatic heterocycles. The van der Waals surface area contributed by atoms with E-state index in [9.17, 15) is 9.18 Å². The van der Waals surface area contributed by atoms with Crippen LogP contribution in [-0.2, 0) is 4.79 Å². The maximum Gasteiger partial charge on any atom is 0.229 e. The van der Waals surface area contributed by atoms with Crippen LogP contribution in [0.2, 0.25) is 0 Å². The van der Waals surface area contributed by atoms with Crippen LogP contribution in [-0.4, -0.2) is 63.8 Å². The molecule has 2 unspecified atom stereocenters. The van der Waals surface area contributed by atoms with Crippen LogP contribution in [0.1, 0.15) is 19.3 Å². The molecule has 0 radical (unpaired) electrons. The topological polar surface area (TPSA) is 65.8 Å². The van der Waals surface area contributed by atoms with Crippen molar-refractivity contribution in [3.63, 3.8) is 0 Å². The van der Waals surface area contributed by atoms with Crippen molar-refractivity contribution in [1.29, 1.82) is 0 Å². The maximum atomic E-state index is 13.5. The molecule has 5 heterocycles. The van der Waals surface area contributed by atoms with Crippen molar-refractivity contribution in [2.45, 2.75) is 37.5 Å². The summed E-state index contributed by atoms with van der Waals surface area (Å²) in [7, 11) is 1.85. The van der Waals surface area contributed by atoms with Gasteiger partial charge in [0.25, 0.3) is 0 Å². The SMILES string of the molecule is CNc1ccc(-c2cc3c(N4CC5CCC(C4)N5C(=O)[C@@H]4C[C@H]4F)ccnn3c2)cn1. The molecule has 7 nitrogen and oxygen atoms in total. The number of fused-ring (bicyclic) bond motifs is 3. The number of alkyl halides is 1. The van der Waals surface area contributed by atoms with E-state index in [4.69, 9.17) is 0 Å². The Labute approximate surface area is 179 Å². The number of nitrogens with zero attached hydrogens (tertiary/aromatic N) is 5. The monoisotopic (exact) mass is 420 g/mol. The normalized spacial score (nSPS) is 27.0. The van der Waals surface area contributed by atoms with E-state index in [-0.39, 0.29) is 18.0 Å². The standard InChI is InChI=1S/C23H25FN6O/c1-25-22-5-2-14(10-26-22)15-8-21-20(6-7-27-29(21)11-15)28-12-16-3-4-17(13-28)30(16)23(31)18-9-19(18)24/h2,5-8,10-11,16-19H,3-4,9,12-13H2,1H3,(H,25,26)/t16?,17?,18-,19-/m1/s1. The lowest BCUT2D eigenvalue weighted by molar-refractivity contribution is -0.136. The first-order chi connectivity index (χ1) is 15.1. The number of pyridine rings is 1. The van der Waals surface area contributed by atoms with Crippen LogP contribution < -0.4 is 10.2 Å². The van der Waals surface area contributed by atoms with Crippen molar-refractivity contribution in [2.24, 2.45) is 5.92 Å². The molecule has 8 heteroatoms. The third-order valence-electron chi connectivity index (χ3n) is 6.95. The zero-order valence-corrected chi connectivity index (χ0v) is 17.4. The van der Waals surface area contributed by atoms with E-state index in [1.54, 1.807) is 0 Å². The van der Waals surface area contributed by atoms with Crippen LogP contribution in [0.3, 0.4) is 0 Å². The predicted molar refractivity (Wildman–Crippen MR) is 117 cm³/mol. The first-order valence-electron chi connectivity index (χ1n) is 10.9. The van der Waals surface area contributed by atoms with E-state index < -0.39 is 12.1 Å². The Morgan fingerprint density at radius 3 is 2.58 bits per heavy atom. The quantitative estimate of drug-likeness (QED) is 0.703. The third kappa shape index (κ3) is 3.04. The van der Waals surface area contributed by atoms with Gasteiger partial charge in [-0.15, -0.1) is 0 Å². The molecule has 160 valence electrons. The van der Waals surface area contributed by atoms with E-state index in [2.05, 4.69) is 32.4 Å². The zero-order chi connectivity index (χ0) is 21.1. The fourth-order valence-corrected chi connectivity index (χ4v) is 5.21. The van der Waals surface area contributed by atoms with Crippen LogP contribution >= 0.6 is 0 Å². The van der Waals surface area contributed by atoms with Gasteiger partial charge in [-0.25, -0.2) is 13.9 Å². The van der Waals surface area contributed by atoms with E-state index >= 15 is 0 Å². The van der Waals surface area contributed by atoms with Gasteiger partial charge < -0.3 is 15.1 Å². The number of amides is 1. The summed E-state index contributed by atoms with van der Waals surface area (Å²) in [6.45, 7) is 1.56. The number of rotatable bonds is 4. The molecule has 0 aromatic carbocycles. The minimum Gasteiger partial charge on any atom is -0.373 e. The van der Waals surface area contributed by atoms with E-state index in [1.807, 2.05) is 47.2 Å². The average molecular weight is 420 g/mol. The molecule has 6 rings (SSSR count). The Morgan fingerprint density at radius 1 is 1.16 bits per heavy atom. The van der Waals surface area contributed by atoms with Gasteiger partial charge in [-0.2, -0.15) is 5.10 Å². The minimum atomic E-state index is -0.930.